The SMILES string of the molecule is CC.CC/C=C\C(=NC)C1=C(C)CC(C)=C1C. The molecule has 96 valence electrons. The third-order valence-electron chi connectivity index (χ3n) is 2.98. The molecule has 0 fully saturated rings. The second kappa shape index (κ2) is 8.05. The highest BCUT2D eigenvalue weighted by Gasteiger charge is 2.18. The van der Waals surface area contributed by atoms with Crippen molar-refractivity contribution in [1.29, 1.82) is 0 Å². The van der Waals surface area contributed by atoms with Gasteiger partial charge in [-0.3, -0.25) is 4.99 Å². The molecule has 0 heterocycles. The Hall–Kier alpha value is -1.11. The molecule has 0 saturated carbocycles. The largest absolute Gasteiger partial charge is 0.288 e. The van der Waals surface area contributed by atoms with E-state index in [1.165, 1.54) is 22.3 Å². The van der Waals surface area contributed by atoms with Gasteiger partial charge in [-0.05, 0) is 45.3 Å². The van der Waals surface area contributed by atoms with E-state index < -0.39 is 0 Å². The third-order valence-corrected chi connectivity index (χ3v) is 2.98. The summed E-state index contributed by atoms with van der Waals surface area (Å²) >= 11 is 0. The smallest absolute Gasteiger partial charge is 0.0642 e. The van der Waals surface area contributed by atoms with Crippen LogP contribution in [0.5, 0.6) is 0 Å². The topological polar surface area (TPSA) is 12.4 Å². The Morgan fingerprint density at radius 2 is 1.76 bits per heavy atom. The Labute approximate surface area is 107 Å². The minimum Gasteiger partial charge on any atom is -0.288 e. The van der Waals surface area contributed by atoms with E-state index in [2.05, 4.69) is 44.8 Å². The van der Waals surface area contributed by atoms with Gasteiger partial charge in [0.1, 0.15) is 0 Å². The first kappa shape index (κ1) is 15.9. The highest BCUT2D eigenvalue weighted by atomic mass is 14.7. The molecule has 1 heteroatoms. The molecule has 0 bridgehead atoms. The van der Waals surface area contributed by atoms with E-state index in [1.54, 1.807) is 0 Å². The van der Waals surface area contributed by atoms with E-state index >= 15 is 0 Å². The van der Waals surface area contributed by atoms with Gasteiger partial charge < -0.3 is 0 Å². The molecule has 0 aromatic heterocycles. The van der Waals surface area contributed by atoms with Crippen LogP contribution < -0.4 is 0 Å². The second-order valence-electron chi connectivity index (χ2n) is 4.16. The van der Waals surface area contributed by atoms with Gasteiger partial charge in [-0.2, -0.15) is 0 Å². The van der Waals surface area contributed by atoms with Crippen LogP contribution in [-0.4, -0.2) is 12.8 Å². The molecule has 0 aliphatic heterocycles. The highest BCUT2D eigenvalue weighted by molar-refractivity contribution is 6.12. The number of rotatable bonds is 3. The normalized spacial score (nSPS) is 16.8. The van der Waals surface area contributed by atoms with Crippen molar-refractivity contribution in [2.24, 2.45) is 4.99 Å². The molecule has 0 aromatic rings. The van der Waals surface area contributed by atoms with Crippen LogP contribution >= 0.6 is 0 Å². The molecule has 0 spiro atoms. The summed E-state index contributed by atoms with van der Waals surface area (Å²) in [5, 5.41) is 0. The lowest BCUT2D eigenvalue weighted by Crippen LogP contribution is -2.01. The highest BCUT2D eigenvalue weighted by Crippen LogP contribution is 2.32. The zero-order valence-corrected chi connectivity index (χ0v) is 12.5. The van der Waals surface area contributed by atoms with Crippen molar-refractivity contribution in [3.63, 3.8) is 0 Å². The zero-order chi connectivity index (χ0) is 13.4. The fraction of sp³-hybridized carbons (Fsp3) is 0.562. The first-order valence-corrected chi connectivity index (χ1v) is 6.62. The second-order valence-corrected chi connectivity index (χ2v) is 4.16. The predicted octanol–water partition coefficient (Wildman–Crippen LogP) is 5.11. The summed E-state index contributed by atoms with van der Waals surface area (Å²) in [5.41, 5.74) is 6.83. The Kier molecular flexibility index (Phi) is 7.53. The zero-order valence-electron chi connectivity index (χ0n) is 12.5. The van der Waals surface area contributed by atoms with Crippen molar-refractivity contribution >= 4 is 5.71 Å². The first-order chi connectivity index (χ1) is 8.11. The van der Waals surface area contributed by atoms with Crippen molar-refractivity contribution < 1.29 is 0 Å². The summed E-state index contributed by atoms with van der Waals surface area (Å²) in [6, 6.07) is 0. The number of hydrogen-bond acceptors (Lipinski definition) is 1. The maximum absolute atomic E-state index is 4.38. The molecule has 0 unspecified atom stereocenters. The maximum atomic E-state index is 4.38. The van der Waals surface area contributed by atoms with E-state index in [4.69, 9.17) is 0 Å². The Morgan fingerprint density at radius 1 is 1.18 bits per heavy atom. The van der Waals surface area contributed by atoms with Crippen LogP contribution in [0.4, 0.5) is 0 Å². The molecule has 0 aromatic carbocycles. The molecular formula is C16H27N. The van der Waals surface area contributed by atoms with E-state index in [9.17, 15) is 0 Å². The van der Waals surface area contributed by atoms with Crippen LogP contribution in [-0.2, 0) is 0 Å². The van der Waals surface area contributed by atoms with E-state index in [0.717, 1.165) is 18.6 Å². The predicted molar refractivity (Wildman–Crippen MR) is 79.8 cm³/mol. The van der Waals surface area contributed by atoms with E-state index in [0.29, 0.717) is 0 Å². The molecule has 0 N–H and O–H groups in total. The minimum atomic E-state index is 1.06. The summed E-state index contributed by atoms with van der Waals surface area (Å²) < 4.78 is 0. The standard InChI is InChI=1S/C14H21N.C2H6/c1-6-7-8-13(15-5)14-11(3)9-10(2)12(14)4;1-2/h7-8H,6,9H2,1-5H3;1-2H3/b8-7-,15-13?;. The third kappa shape index (κ3) is 3.99. The van der Waals surface area contributed by atoms with Gasteiger partial charge in [0.25, 0.3) is 0 Å². The van der Waals surface area contributed by atoms with Crippen molar-refractivity contribution in [1.82, 2.24) is 0 Å². The van der Waals surface area contributed by atoms with Crippen LogP contribution in [0.25, 0.3) is 0 Å². The molecule has 0 saturated heterocycles. The van der Waals surface area contributed by atoms with Crippen LogP contribution in [0.3, 0.4) is 0 Å². The number of nitrogens with zero attached hydrogens (tertiary/aromatic N) is 1. The molecule has 0 atom stereocenters. The van der Waals surface area contributed by atoms with Gasteiger partial charge in [-0.1, -0.05) is 38.0 Å². The molecule has 0 radical (unpaired) electrons. The van der Waals surface area contributed by atoms with E-state index in [-0.39, 0.29) is 0 Å². The van der Waals surface area contributed by atoms with Crippen LogP contribution in [0.1, 0.15) is 54.4 Å². The molecule has 17 heavy (non-hydrogen) atoms. The lowest BCUT2D eigenvalue weighted by atomic mass is 10.0. The van der Waals surface area contributed by atoms with Crippen molar-refractivity contribution in [3.05, 3.63) is 34.4 Å². The summed E-state index contributed by atoms with van der Waals surface area (Å²) in [4.78, 5) is 4.38. The van der Waals surface area contributed by atoms with Gasteiger partial charge in [-0.25, -0.2) is 0 Å². The number of hydrogen-bond donors (Lipinski definition) is 0. The van der Waals surface area contributed by atoms with Crippen LogP contribution in [0, 0.1) is 0 Å². The monoisotopic (exact) mass is 233 g/mol. The summed E-state index contributed by atoms with van der Waals surface area (Å²) in [6.07, 6.45) is 6.48. The molecule has 0 amide bonds. The summed E-state index contributed by atoms with van der Waals surface area (Å²) in [6.45, 7) is 12.8. The van der Waals surface area contributed by atoms with Gasteiger partial charge in [0.05, 0.1) is 5.71 Å². The lowest BCUT2D eigenvalue weighted by molar-refractivity contribution is 1.14. The number of aliphatic imine (C=N–C) groups is 1. The molecule has 1 rings (SSSR count). The quantitative estimate of drug-likeness (QED) is 0.601. The summed E-state index contributed by atoms with van der Waals surface area (Å²) in [5.74, 6) is 0. The fourth-order valence-electron chi connectivity index (χ4n) is 2.06. The Morgan fingerprint density at radius 3 is 2.12 bits per heavy atom. The Balaban J connectivity index is 0.00000121. The van der Waals surface area contributed by atoms with Crippen molar-refractivity contribution in [2.75, 3.05) is 7.05 Å². The van der Waals surface area contributed by atoms with Gasteiger partial charge in [0.15, 0.2) is 0 Å². The van der Waals surface area contributed by atoms with Crippen molar-refractivity contribution in [2.45, 2.75) is 54.4 Å². The summed E-state index contributed by atoms with van der Waals surface area (Å²) in [7, 11) is 1.87. The van der Waals surface area contributed by atoms with Gasteiger partial charge >= 0.3 is 0 Å². The fourth-order valence-corrected chi connectivity index (χ4v) is 2.06. The molecule has 1 aliphatic rings. The minimum absolute atomic E-state index is 1.06. The van der Waals surface area contributed by atoms with Gasteiger partial charge in [0.2, 0.25) is 0 Å². The number of allylic oxidation sites excluding steroid dienone is 6. The Bertz CT molecular complexity index is 365. The molecular weight excluding hydrogens is 206 g/mol. The first-order valence-electron chi connectivity index (χ1n) is 6.62. The molecule has 1 aliphatic carbocycles. The van der Waals surface area contributed by atoms with Crippen LogP contribution in [0.15, 0.2) is 39.4 Å². The van der Waals surface area contributed by atoms with Crippen LogP contribution in [0.2, 0.25) is 0 Å². The van der Waals surface area contributed by atoms with Crippen molar-refractivity contribution in [3.8, 4) is 0 Å². The van der Waals surface area contributed by atoms with Gasteiger partial charge in [0, 0.05) is 12.6 Å². The average Bonchev–Trinajstić information content (AvgIpc) is 2.59. The molecule has 1 nitrogen and oxygen atoms in total. The maximum Gasteiger partial charge on any atom is 0.0642 e. The van der Waals surface area contributed by atoms with Gasteiger partial charge in [-0.15, -0.1) is 0 Å². The lowest BCUT2D eigenvalue weighted by Gasteiger charge is -2.06. The average molecular weight is 233 g/mol. The van der Waals surface area contributed by atoms with E-state index in [1.807, 2.05) is 20.9 Å².